The number of thiophene rings is 1. The maximum atomic E-state index is 6.29. The maximum Gasteiger partial charge on any atom is 0.124 e. The first-order valence-corrected chi connectivity index (χ1v) is 7.81. The van der Waals surface area contributed by atoms with Crippen LogP contribution in [-0.4, -0.2) is 9.55 Å². The summed E-state index contributed by atoms with van der Waals surface area (Å²) < 4.78 is 2.13. The standard InChI is InChI=1S/C14H12Cl2N2S/c15-9-13-17-12-5-1-4-11(16)14(12)18(13)7-6-10-3-2-8-19-10/h1-5,8H,6-7,9H2. The van der Waals surface area contributed by atoms with Crippen LogP contribution in [0, 0.1) is 0 Å². The highest BCUT2D eigenvalue weighted by atomic mass is 35.5. The summed E-state index contributed by atoms with van der Waals surface area (Å²) in [6.07, 6.45) is 0.970. The van der Waals surface area contributed by atoms with Crippen LogP contribution in [0.4, 0.5) is 0 Å². The zero-order valence-electron chi connectivity index (χ0n) is 10.1. The van der Waals surface area contributed by atoms with Crippen molar-refractivity contribution < 1.29 is 0 Å². The third kappa shape index (κ3) is 2.50. The average Bonchev–Trinajstić information content (AvgIpc) is 3.03. The summed E-state index contributed by atoms with van der Waals surface area (Å²) in [6.45, 7) is 0.850. The number of hydrogen-bond donors (Lipinski definition) is 0. The van der Waals surface area contributed by atoms with Crippen molar-refractivity contribution in [2.24, 2.45) is 0 Å². The molecular formula is C14H12Cl2N2S. The highest BCUT2D eigenvalue weighted by Gasteiger charge is 2.12. The number of halogens is 2. The topological polar surface area (TPSA) is 17.8 Å². The molecule has 0 saturated heterocycles. The van der Waals surface area contributed by atoms with Gasteiger partial charge in [-0.25, -0.2) is 4.98 Å². The van der Waals surface area contributed by atoms with Crippen LogP contribution in [0.3, 0.4) is 0 Å². The van der Waals surface area contributed by atoms with Gasteiger partial charge in [0.15, 0.2) is 0 Å². The molecule has 0 amide bonds. The predicted octanol–water partition coefficient (Wildman–Crippen LogP) is 4.73. The third-order valence-electron chi connectivity index (χ3n) is 3.08. The molecule has 19 heavy (non-hydrogen) atoms. The molecule has 3 aromatic rings. The summed E-state index contributed by atoms with van der Waals surface area (Å²) in [5.41, 5.74) is 1.89. The van der Waals surface area contributed by atoms with E-state index in [1.165, 1.54) is 4.88 Å². The van der Waals surface area contributed by atoms with E-state index in [0.29, 0.717) is 5.88 Å². The molecule has 0 fully saturated rings. The van der Waals surface area contributed by atoms with Gasteiger partial charge in [0.05, 0.1) is 21.9 Å². The van der Waals surface area contributed by atoms with Crippen LogP contribution in [0.25, 0.3) is 11.0 Å². The first kappa shape index (κ1) is 13.0. The lowest BCUT2D eigenvalue weighted by molar-refractivity contribution is 0.693. The van der Waals surface area contributed by atoms with Gasteiger partial charge in [0, 0.05) is 11.4 Å². The molecule has 5 heteroatoms. The monoisotopic (exact) mass is 310 g/mol. The van der Waals surface area contributed by atoms with E-state index in [2.05, 4.69) is 27.1 Å². The molecule has 1 aromatic carbocycles. The Bertz CT molecular complexity index is 689. The van der Waals surface area contributed by atoms with Crippen molar-refractivity contribution in [1.29, 1.82) is 0 Å². The van der Waals surface area contributed by atoms with Crippen LogP contribution in [0.15, 0.2) is 35.7 Å². The summed E-state index contributed by atoms with van der Waals surface area (Å²) >= 11 is 14.1. The van der Waals surface area contributed by atoms with E-state index in [0.717, 1.165) is 34.8 Å². The molecule has 0 saturated carbocycles. The summed E-state index contributed by atoms with van der Waals surface area (Å²) in [5, 5.41) is 2.82. The fraction of sp³-hybridized carbons (Fsp3) is 0.214. The van der Waals surface area contributed by atoms with Crippen LogP contribution in [0.1, 0.15) is 10.7 Å². The van der Waals surface area contributed by atoms with Gasteiger partial charge in [-0.2, -0.15) is 0 Å². The summed E-state index contributed by atoms with van der Waals surface area (Å²) in [6, 6.07) is 10.00. The predicted molar refractivity (Wildman–Crippen MR) is 82.3 cm³/mol. The fourth-order valence-electron chi connectivity index (χ4n) is 2.21. The van der Waals surface area contributed by atoms with E-state index in [9.17, 15) is 0 Å². The number of aromatic nitrogens is 2. The Hall–Kier alpha value is -1.03. The van der Waals surface area contributed by atoms with Gasteiger partial charge >= 0.3 is 0 Å². The van der Waals surface area contributed by atoms with E-state index in [1.54, 1.807) is 11.3 Å². The number of benzene rings is 1. The molecule has 0 aliphatic heterocycles. The molecule has 98 valence electrons. The van der Waals surface area contributed by atoms with Gasteiger partial charge < -0.3 is 4.57 Å². The van der Waals surface area contributed by atoms with E-state index >= 15 is 0 Å². The fourth-order valence-corrected chi connectivity index (χ4v) is 3.38. The van der Waals surface area contributed by atoms with E-state index < -0.39 is 0 Å². The molecule has 2 heterocycles. The van der Waals surface area contributed by atoms with Crippen molar-refractivity contribution in [1.82, 2.24) is 9.55 Å². The van der Waals surface area contributed by atoms with Crippen LogP contribution >= 0.6 is 34.5 Å². The Morgan fingerprint density at radius 1 is 1.21 bits per heavy atom. The SMILES string of the molecule is ClCc1nc2cccc(Cl)c2n1CCc1cccs1. The second-order valence-corrected chi connectivity index (χ2v) is 5.96. The molecule has 0 bridgehead atoms. The number of alkyl halides is 1. The molecule has 0 N–H and O–H groups in total. The number of fused-ring (bicyclic) bond motifs is 1. The minimum Gasteiger partial charge on any atom is -0.325 e. The van der Waals surface area contributed by atoms with Crippen LogP contribution in [-0.2, 0) is 18.8 Å². The maximum absolute atomic E-state index is 6.29. The number of para-hydroxylation sites is 1. The number of nitrogens with zero attached hydrogens (tertiary/aromatic N) is 2. The number of aryl methyl sites for hydroxylation is 2. The number of imidazole rings is 1. The Morgan fingerprint density at radius 2 is 2.11 bits per heavy atom. The van der Waals surface area contributed by atoms with Crippen molar-refractivity contribution in [2.45, 2.75) is 18.8 Å². The molecule has 0 aliphatic rings. The molecule has 0 atom stereocenters. The molecular weight excluding hydrogens is 299 g/mol. The Balaban J connectivity index is 2.00. The number of rotatable bonds is 4. The quantitative estimate of drug-likeness (QED) is 0.637. The van der Waals surface area contributed by atoms with Gasteiger partial charge in [-0.15, -0.1) is 22.9 Å². The normalized spacial score (nSPS) is 11.3. The average molecular weight is 311 g/mol. The highest BCUT2D eigenvalue weighted by Crippen LogP contribution is 2.26. The van der Waals surface area contributed by atoms with Gasteiger partial charge in [0.25, 0.3) is 0 Å². The van der Waals surface area contributed by atoms with Gasteiger partial charge in [-0.3, -0.25) is 0 Å². The lowest BCUT2D eigenvalue weighted by Crippen LogP contribution is -2.04. The largest absolute Gasteiger partial charge is 0.325 e. The molecule has 0 spiro atoms. The molecule has 0 radical (unpaired) electrons. The zero-order chi connectivity index (χ0) is 13.2. The highest BCUT2D eigenvalue weighted by molar-refractivity contribution is 7.09. The van der Waals surface area contributed by atoms with Gasteiger partial charge in [0.2, 0.25) is 0 Å². The second-order valence-electron chi connectivity index (χ2n) is 4.25. The summed E-state index contributed by atoms with van der Waals surface area (Å²) in [7, 11) is 0. The number of hydrogen-bond acceptors (Lipinski definition) is 2. The first-order chi connectivity index (χ1) is 9.29. The minimum atomic E-state index is 0.398. The Labute approximate surface area is 125 Å². The molecule has 0 aliphatic carbocycles. The Morgan fingerprint density at radius 3 is 2.84 bits per heavy atom. The third-order valence-corrected chi connectivity index (χ3v) is 4.56. The van der Waals surface area contributed by atoms with E-state index in [-0.39, 0.29) is 0 Å². The molecule has 2 aromatic heterocycles. The van der Waals surface area contributed by atoms with E-state index in [4.69, 9.17) is 23.2 Å². The molecule has 0 unspecified atom stereocenters. The van der Waals surface area contributed by atoms with E-state index in [1.807, 2.05) is 18.2 Å². The van der Waals surface area contributed by atoms with Gasteiger partial charge in [0.1, 0.15) is 5.82 Å². The van der Waals surface area contributed by atoms with Crippen molar-refractivity contribution in [3.63, 3.8) is 0 Å². The Kier molecular flexibility index (Phi) is 3.78. The van der Waals surface area contributed by atoms with Crippen molar-refractivity contribution in [3.05, 3.63) is 51.4 Å². The van der Waals surface area contributed by atoms with Gasteiger partial charge in [-0.1, -0.05) is 23.7 Å². The van der Waals surface area contributed by atoms with Crippen molar-refractivity contribution in [3.8, 4) is 0 Å². The second kappa shape index (κ2) is 5.53. The van der Waals surface area contributed by atoms with Crippen LogP contribution < -0.4 is 0 Å². The van der Waals surface area contributed by atoms with Crippen molar-refractivity contribution in [2.75, 3.05) is 0 Å². The summed E-state index contributed by atoms with van der Waals surface area (Å²) in [4.78, 5) is 5.90. The summed E-state index contributed by atoms with van der Waals surface area (Å²) in [5.74, 6) is 1.27. The smallest absolute Gasteiger partial charge is 0.124 e. The lowest BCUT2D eigenvalue weighted by atomic mass is 10.3. The van der Waals surface area contributed by atoms with Crippen LogP contribution in [0.2, 0.25) is 5.02 Å². The van der Waals surface area contributed by atoms with Crippen molar-refractivity contribution >= 4 is 45.6 Å². The molecule has 2 nitrogen and oxygen atoms in total. The molecule has 3 rings (SSSR count). The first-order valence-electron chi connectivity index (χ1n) is 6.01. The lowest BCUT2D eigenvalue weighted by Gasteiger charge is -2.07. The minimum absolute atomic E-state index is 0.398. The van der Waals surface area contributed by atoms with Crippen LogP contribution in [0.5, 0.6) is 0 Å². The zero-order valence-corrected chi connectivity index (χ0v) is 12.5. The van der Waals surface area contributed by atoms with Gasteiger partial charge in [-0.05, 0) is 30.0 Å².